The Balaban J connectivity index is 1.67. The number of carbonyl (C=O) groups is 2. The first kappa shape index (κ1) is 19.1. The largest absolute Gasteiger partial charge is 0.467 e. The fourth-order valence-corrected chi connectivity index (χ4v) is 4.03. The molecule has 29 heavy (non-hydrogen) atoms. The number of methoxy groups -OCH3 is 1. The van der Waals surface area contributed by atoms with Crippen LogP contribution in [0.15, 0.2) is 36.5 Å². The van der Waals surface area contributed by atoms with Crippen molar-refractivity contribution in [2.75, 3.05) is 13.7 Å². The number of amides is 1. The van der Waals surface area contributed by atoms with Gasteiger partial charge in [0, 0.05) is 18.1 Å². The predicted octanol–water partition coefficient (Wildman–Crippen LogP) is 2.88. The van der Waals surface area contributed by atoms with Crippen molar-refractivity contribution in [1.82, 2.24) is 19.7 Å². The van der Waals surface area contributed by atoms with Crippen LogP contribution < -0.4 is 0 Å². The number of aromatic nitrogens is 3. The van der Waals surface area contributed by atoms with Gasteiger partial charge in [-0.25, -0.2) is 14.5 Å². The van der Waals surface area contributed by atoms with Crippen molar-refractivity contribution in [2.24, 2.45) is 0 Å². The molecular weight excluding hydrogens is 368 g/mol. The Morgan fingerprint density at radius 3 is 2.66 bits per heavy atom. The monoisotopic (exact) mass is 392 g/mol. The van der Waals surface area contributed by atoms with Crippen molar-refractivity contribution in [1.29, 1.82) is 0 Å². The maximum absolute atomic E-state index is 12.9. The van der Waals surface area contributed by atoms with Gasteiger partial charge in [0.25, 0.3) is 0 Å². The SMILES string of the molecule is COC(=O)C1CCCN1C(=O)Cn1nc(C)c2c(-c3ccc(C)cc3)ccnc21. The molecule has 1 aliphatic rings. The predicted molar refractivity (Wildman–Crippen MR) is 109 cm³/mol. The number of likely N-dealkylation sites (tertiary alicyclic amines) is 1. The van der Waals surface area contributed by atoms with Crippen molar-refractivity contribution < 1.29 is 14.3 Å². The van der Waals surface area contributed by atoms with Crippen molar-refractivity contribution in [3.63, 3.8) is 0 Å². The van der Waals surface area contributed by atoms with Crippen molar-refractivity contribution in [3.05, 3.63) is 47.8 Å². The number of hydrogen-bond acceptors (Lipinski definition) is 5. The molecule has 4 rings (SSSR count). The zero-order valence-corrected chi connectivity index (χ0v) is 16.9. The summed E-state index contributed by atoms with van der Waals surface area (Å²) in [4.78, 5) is 31.0. The van der Waals surface area contributed by atoms with Gasteiger partial charge < -0.3 is 9.64 Å². The lowest BCUT2D eigenvalue weighted by atomic mass is 10.0. The summed E-state index contributed by atoms with van der Waals surface area (Å²) in [5, 5.41) is 5.53. The summed E-state index contributed by atoms with van der Waals surface area (Å²) in [6.45, 7) is 4.58. The smallest absolute Gasteiger partial charge is 0.328 e. The third-order valence-electron chi connectivity index (χ3n) is 5.50. The number of ether oxygens (including phenoxy) is 1. The van der Waals surface area contributed by atoms with Crippen LogP contribution >= 0.6 is 0 Å². The van der Waals surface area contributed by atoms with Crippen LogP contribution in [0.4, 0.5) is 0 Å². The van der Waals surface area contributed by atoms with Gasteiger partial charge in [-0.3, -0.25) is 4.79 Å². The van der Waals surface area contributed by atoms with Crippen LogP contribution in [0.2, 0.25) is 0 Å². The van der Waals surface area contributed by atoms with Crippen LogP contribution in [0.25, 0.3) is 22.2 Å². The van der Waals surface area contributed by atoms with Crippen molar-refractivity contribution in [2.45, 2.75) is 39.3 Å². The molecule has 0 saturated carbocycles. The summed E-state index contributed by atoms with van der Waals surface area (Å²) in [5.74, 6) is -0.512. The number of pyridine rings is 1. The molecular formula is C22H24N4O3. The van der Waals surface area contributed by atoms with Gasteiger partial charge in [0.05, 0.1) is 12.8 Å². The Hall–Kier alpha value is -3.22. The van der Waals surface area contributed by atoms with E-state index in [0.717, 1.165) is 28.6 Å². The standard InChI is InChI=1S/C22H24N4O3/c1-14-6-8-16(9-7-14)17-10-11-23-21-20(17)15(2)24-26(21)13-19(27)25-12-4-5-18(25)22(28)29-3/h6-11,18H,4-5,12-13H2,1-3H3. The Labute approximate surface area is 169 Å². The maximum Gasteiger partial charge on any atom is 0.328 e. The van der Waals surface area contributed by atoms with E-state index in [0.29, 0.717) is 18.6 Å². The minimum absolute atomic E-state index is 0.0438. The number of rotatable bonds is 4. The van der Waals surface area contributed by atoms with E-state index in [1.165, 1.54) is 12.7 Å². The number of benzene rings is 1. The zero-order valence-electron chi connectivity index (χ0n) is 16.9. The summed E-state index contributed by atoms with van der Waals surface area (Å²) < 4.78 is 6.48. The molecule has 7 nitrogen and oxygen atoms in total. The van der Waals surface area contributed by atoms with E-state index in [9.17, 15) is 9.59 Å². The van der Waals surface area contributed by atoms with Crippen molar-refractivity contribution in [3.8, 4) is 11.1 Å². The number of hydrogen-bond donors (Lipinski definition) is 0. The van der Waals surface area contributed by atoms with Gasteiger partial charge in [0.2, 0.25) is 5.91 Å². The van der Waals surface area contributed by atoms with Gasteiger partial charge in [-0.2, -0.15) is 5.10 Å². The Morgan fingerprint density at radius 2 is 1.93 bits per heavy atom. The molecule has 0 aliphatic carbocycles. The highest BCUT2D eigenvalue weighted by molar-refractivity contribution is 5.95. The minimum Gasteiger partial charge on any atom is -0.467 e. The Morgan fingerprint density at radius 1 is 1.17 bits per heavy atom. The second-order valence-electron chi connectivity index (χ2n) is 7.43. The molecule has 7 heteroatoms. The molecule has 150 valence electrons. The second-order valence-corrected chi connectivity index (χ2v) is 7.43. The molecule has 1 aliphatic heterocycles. The first-order chi connectivity index (χ1) is 14.0. The lowest BCUT2D eigenvalue weighted by molar-refractivity contribution is -0.151. The third-order valence-corrected chi connectivity index (χ3v) is 5.50. The first-order valence-corrected chi connectivity index (χ1v) is 9.76. The highest BCUT2D eigenvalue weighted by Crippen LogP contribution is 2.30. The molecule has 1 saturated heterocycles. The molecule has 0 bridgehead atoms. The lowest BCUT2D eigenvalue weighted by Gasteiger charge is -2.22. The lowest BCUT2D eigenvalue weighted by Crippen LogP contribution is -2.42. The van der Waals surface area contributed by atoms with Crippen LogP contribution in [0.3, 0.4) is 0 Å². The molecule has 3 heterocycles. The van der Waals surface area contributed by atoms with Gasteiger partial charge in [0.1, 0.15) is 12.6 Å². The Kier molecular flexibility index (Phi) is 5.05. The molecule has 0 N–H and O–H groups in total. The molecule has 1 fully saturated rings. The van der Waals surface area contributed by atoms with Crippen LogP contribution in [0.5, 0.6) is 0 Å². The summed E-state index contributed by atoms with van der Waals surface area (Å²) in [5.41, 5.74) is 4.81. The molecule has 1 aromatic carbocycles. The summed E-state index contributed by atoms with van der Waals surface area (Å²) >= 11 is 0. The quantitative estimate of drug-likeness (QED) is 0.638. The number of aryl methyl sites for hydroxylation is 2. The van der Waals surface area contributed by atoms with Crippen LogP contribution in [-0.4, -0.2) is 51.2 Å². The highest BCUT2D eigenvalue weighted by Gasteiger charge is 2.35. The first-order valence-electron chi connectivity index (χ1n) is 9.76. The van der Waals surface area contributed by atoms with E-state index in [4.69, 9.17) is 4.74 Å². The minimum atomic E-state index is -0.508. The molecule has 0 spiro atoms. The summed E-state index contributed by atoms with van der Waals surface area (Å²) in [6, 6.07) is 9.78. The fourth-order valence-electron chi connectivity index (χ4n) is 4.03. The topological polar surface area (TPSA) is 77.3 Å². The van der Waals surface area contributed by atoms with Gasteiger partial charge >= 0.3 is 5.97 Å². The number of carbonyl (C=O) groups excluding carboxylic acids is 2. The van der Waals surface area contributed by atoms with Gasteiger partial charge in [-0.1, -0.05) is 29.8 Å². The van der Waals surface area contributed by atoms with E-state index in [1.807, 2.05) is 13.0 Å². The van der Waals surface area contributed by atoms with E-state index in [-0.39, 0.29) is 18.4 Å². The molecule has 1 atom stereocenters. The van der Waals surface area contributed by atoms with Gasteiger partial charge in [-0.15, -0.1) is 0 Å². The number of esters is 1. The molecule has 3 aromatic rings. The zero-order chi connectivity index (χ0) is 20.5. The van der Waals surface area contributed by atoms with E-state index < -0.39 is 6.04 Å². The second kappa shape index (κ2) is 7.66. The van der Waals surface area contributed by atoms with E-state index in [2.05, 4.69) is 41.3 Å². The normalized spacial score (nSPS) is 16.4. The number of fused-ring (bicyclic) bond motifs is 1. The van der Waals surface area contributed by atoms with Crippen molar-refractivity contribution >= 4 is 22.9 Å². The highest BCUT2D eigenvalue weighted by atomic mass is 16.5. The molecule has 0 radical (unpaired) electrons. The van der Waals surface area contributed by atoms with Crippen LogP contribution in [0, 0.1) is 13.8 Å². The fraction of sp³-hybridized carbons (Fsp3) is 0.364. The average Bonchev–Trinajstić information content (AvgIpc) is 3.33. The molecule has 2 aromatic heterocycles. The van der Waals surface area contributed by atoms with Gasteiger partial charge in [0.15, 0.2) is 5.65 Å². The summed E-state index contributed by atoms with van der Waals surface area (Å²) in [6.07, 6.45) is 3.17. The molecule has 1 unspecified atom stereocenters. The maximum atomic E-state index is 12.9. The van der Waals surface area contributed by atoms with E-state index in [1.54, 1.807) is 15.8 Å². The van der Waals surface area contributed by atoms with E-state index >= 15 is 0 Å². The molecule has 1 amide bonds. The van der Waals surface area contributed by atoms with Crippen LogP contribution in [0.1, 0.15) is 24.1 Å². The average molecular weight is 392 g/mol. The van der Waals surface area contributed by atoms with Gasteiger partial charge in [-0.05, 0) is 43.9 Å². The summed E-state index contributed by atoms with van der Waals surface area (Å²) in [7, 11) is 1.35. The number of nitrogens with zero attached hydrogens (tertiary/aromatic N) is 4. The third kappa shape index (κ3) is 3.48. The van der Waals surface area contributed by atoms with Crippen LogP contribution in [-0.2, 0) is 20.9 Å². The Bertz CT molecular complexity index is 1070.